The van der Waals surface area contributed by atoms with Crippen molar-refractivity contribution in [3.05, 3.63) is 54.4 Å². The second-order valence-corrected chi connectivity index (χ2v) is 3.60. The number of pyridine rings is 1. The first kappa shape index (κ1) is 11.1. The van der Waals surface area contributed by atoms with Crippen molar-refractivity contribution in [2.45, 2.75) is 6.42 Å². The number of carbonyl (C=O) groups excluding carboxylic acids is 1. The summed E-state index contributed by atoms with van der Waals surface area (Å²) in [6.07, 6.45) is 3.35. The van der Waals surface area contributed by atoms with Gasteiger partial charge >= 0.3 is 0 Å². The van der Waals surface area contributed by atoms with Crippen molar-refractivity contribution in [2.24, 2.45) is 0 Å². The van der Waals surface area contributed by atoms with E-state index in [1.54, 1.807) is 48.8 Å². The Labute approximate surface area is 98.9 Å². The first-order chi connectivity index (χ1) is 8.25. The van der Waals surface area contributed by atoms with E-state index in [9.17, 15) is 9.90 Å². The van der Waals surface area contributed by atoms with Crippen LogP contribution in [0.5, 0.6) is 5.75 Å². The van der Waals surface area contributed by atoms with Crippen LogP contribution in [0, 0.1) is 0 Å². The van der Waals surface area contributed by atoms with Crippen LogP contribution in [0.3, 0.4) is 0 Å². The fourth-order valence-electron chi connectivity index (χ4n) is 1.48. The van der Waals surface area contributed by atoms with Crippen LogP contribution in [-0.4, -0.2) is 16.0 Å². The highest BCUT2D eigenvalue weighted by Gasteiger charge is 2.07. The predicted octanol–water partition coefficient (Wildman–Crippen LogP) is 1.97. The fourth-order valence-corrected chi connectivity index (χ4v) is 1.48. The Bertz CT molecular complexity index is 512. The number of rotatable bonds is 3. The number of phenolic OH excluding ortho intramolecular Hbond substituents is 1. The summed E-state index contributed by atoms with van der Waals surface area (Å²) >= 11 is 0. The molecule has 0 aliphatic carbocycles. The standard InChI is InChI=1S/C13H12N2O2/c16-12-6-2-1-4-10(12)8-13(17)15-11-5-3-7-14-9-11/h1-7,9,16H,8H2,(H,15,17). The summed E-state index contributed by atoms with van der Waals surface area (Å²) < 4.78 is 0. The third-order valence-electron chi connectivity index (χ3n) is 2.29. The lowest BCUT2D eigenvalue weighted by Gasteiger charge is -2.05. The van der Waals surface area contributed by atoms with Gasteiger partial charge < -0.3 is 10.4 Å². The number of carbonyl (C=O) groups is 1. The van der Waals surface area contributed by atoms with Crippen molar-refractivity contribution in [1.82, 2.24) is 4.98 Å². The summed E-state index contributed by atoms with van der Waals surface area (Å²) in [4.78, 5) is 15.6. The molecule has 4 heteroatoms. The number of aromatic hydroxyl groups is 1. The Kier molecular flexibility index (Phi) is 3.35. The zero-order valence-corrected chi connectivity index (χ0v) is 9.13. The van der Waals surface area contributed by atoms with Crippen LogP contribution in [0.25, 0.3) is 0 Å². The average molecular weight is 228 g/mol. The number of nitrogens with one attached hydrogen (secondary N) is 1. The number of para-hydroxylation sites is 1. The highest BCUT2D eigenvalue weighted by Crippen LogP contribution is 2.16. The van der Waals surface area contributed by atoms with Gasteiger partial charge in [0, 0.05) is 11.8 Å². The van der Waals surface area contributed by atoms with E-state index in [2.05, 4.69) is 10.3 Å². The third-order valence-corrected chi connectivity index (χ3v) is 2.29. The number of anilines is 1. The molecule has 0 unspecified atom stereocenters. The van der Waals surface area contributed by atoms with Gasteiger partial charge in [-0.15, -0.1) is 0 Å². The van der Waals surface area contributed by atoms with Gasteiger partial charge in [-0.3, -0.25) is 9.78 Å². The van der Waals surface area contributed by atoms with Gasteiger partial charge in [0.15, 0.2) is 0 Å². The topological polar surface area (TPSA) is 62.2 Å². The largest absolute Gasteiger partial charge is 0.508 e. The summed E-state index contributed by atoms with van der Waals surface area (Å²) in [6.45, 7) is 0. The number of nitrogens with zero attached hydrogens (tertiary/aromatic N) is 1. The highest BCUT2D eigenvalue weighted by molar-refractivity contribution is 5.92. The minimum absolute atomic E-state index is 0.133. The minimum Gasteiger partial charge on any atom is -0.508 e. The Morgan fingerprint density at radius 2 is 2.06 bits per heavy atom. The lowest BCUT2D eigenvalue weighted by Crippen LogP contribution is -2.14. The minimum atomic E-state index is -0.181. The predicted molar refractivity (Wildman–Crippen MR) is 64.7 cm³/mol. The van der Waals surface area contributed by atoms with Gasteiger partial charge in [0.2, 0.25) is 5.91 Å². The van der Waals surface area contributed by atoms with Crippen molar-refractivity contribution < 1.29 is 9.90 Å². The second-order valence-electron chi connectivity index (χ2n) is 3.60. The number of aromatic nitrogens is 1. The molecule has 4 nitrogen and oxygen atoms in total. The zero-order chi connectivity index (χ0) is 12.1. The van der Waals surface area contributed by atoms with E-state index in [4.69, 9.17) is 0 Å². The Hall–Kier alpha value is -2.36. The van der Waals surface area contributed by atoms with Crippen LogP contribution in [-0.2, 0) is 11.2 Å². The van der Waals surface area contributed by atoms with Gasteiger partial charge in [-0.1, -0.05) is 18.2 Å². The lowest BCUT2D eigenvalue weighted by molar-refractivity contribution is -0.115. The molecule has 0 aliphatic rings. The molecule has 0 saturated heterocycles. The van der Waals surface area contributed by atoms with E-state index in [1.807, 2.05) is 0 Å². The molecule has 2 aromatic rings. The third kappa shape index (κ3) is 3.04. The molecule has 0 spiro atoms. The molecule has 86 valence electrons. The molecular formula is C13H12N2O2. The molecule has 0 aliphatic heterocycles. The van der Waals surface area contributed by atoms with Crippen molar-refractivity contribution in [3.8, 4) is 5.75 Å². The van der Waals surface area contributed by atoms with Gasteiger partial charge in [0.25, 0.3) is 0 Å². The summed E-state index contributed by atoms with van der Waals surface area (Å²) in [7, 11) is 0. The van der Waals surface area contributed by atoms with Crippen LogP contribution in [0.4, 0.5) is 5.69 Å². The molecular weight excluding hydrogens is 216 g/mol. The van der Waals surface area contributed by atoms with Crippen molar-refractivity contribution in [3.63, 3.8) is 0 Å². The van der Waals surface area contributed by atoms with Crippen LogP contribution < -0.4 is 5.32 Å². The Morgan fingerprint density at radius 1 is 1.24 bits per heavy atom. The van der Waals surface area contributed by atoms with E-state index < -0.39 is 0 Å². The number of hydrogen-bond donors (Lipinski definition) is 2. The molecule has 0 bridgehead atoms. The van der Waals surface area contributed by atoms with Gasteiger partial charge in [-0.2, -0.15) is 0 Å². The van der Waals surface area contributed by atoms with Gasteiger partial charge in [-0.05, 0) is 18.2 Å². The van der Waals surface area contributed by atoms with E-state index in [-0.39, 0.29) is 18.1 Å². The van der Waals surface area contributed by atoms with Crippen molar-refractivity contribution >= 4 is 11.6 Å². The first-order valence-corrected chi connectivity index (χ1v) is 5.22. The summed E-state index contributed by atoms with van der Waals surface area (Å²) in [5.41, 5.74) is 1.25. The fraction of sp³-hybridized carbons (Fsp3) is 0.0769. The molecule has 0 radical (unpaired) electrons. The number of phenols is 1. The van der Waals surface area contributed by atoms with Gasteiger partial charge in [0.1, 0.15) is 5.75 Å². The summed E-state index contributed by atoms with van der Waals surface area (Å²) in [5, 5.41) is 12.2. The van der Waals surface area contributed by atoms with Gasteiger partial charge in [0.05, 0.1) is 18.3 Å². The molecule has 1 heterocycles. The molecule has 2 rings (SSSR count). The highest BCUT2D eigenvalue weighted by atomic mass is 16.3. The molecule has 1 amide bonds. The number of hydrogen-bond acceptors (Lipinski definition) is 3. The van der Waals surface area contributed by atoms with Crippen LogP contribution in [0.1, 0.15) is 5.56 Å². The van der Waals surface area contributed by atoms with E-state index >= 15 is 0 Å². The van der Waals surface area contributed by atoms with Crippen LogP contribution in [0.2, 0.25) is 0 Å². The summed E-state index contributed by atoms with van der Waals surface area (Å²) in [6, 6.07) is 10.3. The average Bonchev–Trinajstić information content (AvgIpc) is 2.33. The van der Waals surface area contributed by atoms with Gasteiger partial charge in [-0.25, -0.2) is 0 Å². The van der Waals surface area contributed by atoms with Crippen molar-refractivity contribution in [2.75, 3.05) is 5.32 Å². The molecule has 1 aromatic heterocycles. The monoisotopic (exact) mass is 228 g/mol. The second kappa shape index (κ2) is 5.12. The SMILES string of the molecule is O=C(Cc1ccccc1O)Nc1cccnc1. The molecule has 2 N–H and O–H groups in total. The lowest BCUT2D eigenvalue weighted by atomic mass is 10.1. The maximum absolute atomic E-state index is 11.7. The maximum Gasteiger partial charge on any atom is 0.228 e. The maximum atomic E-state index is 11.7. The van der Waals surface area contributed by atoms with E-state index in [1.165, 1.54) is 0 Å². The number of benzene rings is 1. The smallest absolute Gasteiger partial charge is 0.228 e. The molecule has 1 aromatic carbocycles. The molecule has 0 saturated carbocycles. The van der Waals surface area contributed by atoms with Crippen molar-refractivity contribution in [1.29, 1.82) is 0 Å². The zero-order valence-electron chi connectivity index (χ0n) is 9.13. The first-order valence-electron chi connectivity index (χ1n) is 5.22. The molecule has 17 heavy (non-hydrogen) atoms. The normalized spacial score (nSPS) is 9.88. The number of amides is 1. The van der Waals surface area contributed by atoms with E-state index in [0.717, 1.165) is 0 Å². The Morgan fingerprint density at radius 3 is 2.76 bits per heavy atom. The molecule has 0 atom stereocenters. The van der Waals surface area contributed by atoms with Crippen LogP contribution in [0.15, 0.2) is 48.8 Å². The van der Waals surface area contributed by atoms with E-state index in [0.29, 0.717) is 11.3 Å². The molecule has 0 fully saturated rings. The Balaban J connectivity index is 2.01. The van der Waals surface area contributed by atoms with Crippen LogP contribution >= 0.6 is 0 Å². The summed E-state index contributed by atoms with van der Waals surface area (Å²) in [5.74, 6) is -0.0478. The quantitative estimate of drug-likeness (QED) is 0.844.